The lowest BCUT2D eigenvalue weighted by Crippen LogP contribution is -1.91. The summed E-state index contributed by atoms with van der Waals surface area (Å²) in [6.45, 7) is -0.128. The van der Waals surface area contributed by atoms with Gasteiger partial charge in [0.2, 0.25) is 0 Å². The predicted octanol–water partition coefficient (Wildman–Crippen LogP) is 1.84. The van der Waals surface area contributed by atoms with Gasteiger partial charge in [0.1, 0.15) is 0 Å². The Bertz CT molecular complexity index is 551. The van der Waals surface area contributed by atoms with Gasteiger partial charge >= 0.3 is 7.82 Å². The second-order valence-corrected chi connectivity index (χ2v) is 4.53. The summed E-state index contributed by atoms with van der Waals surface area (Å²) in [7, 11) is -4.41. The average Bonchev–Trinajstić information content (AvgIpc) is 2.25. The molecular formula is C10H10NO4P. The van der Waals surface area contributed by atoms with E-state index in [-0.39, 0.29) is 6.61 Å². The van der Waals surface area contributed by atoms with Crippen LogP contribution in [0.25, 0.3) is 10.9 Å². The highest BCUT2D eigenvalue weighted by Gasteiger charge is 2.13. The number of phosphoric acid groups is 1. The van der Waals surface area contributed by atoms with Crippen molar-refractivity contribution in [1.29, 1.82) is 0 Å². The molecule has 0 aliphatic heterocycles. The van der Waals surface area contributed by atoms with Crippen molar-refractivity contribution in [3.05, 3.63) is 42.1 Å². The van der Waals surface area contributed by atoms with Crippen LogP contribution in [0.1, 0.15) is 5.56 Å². The summed E-state index contributed by atoms with van der Waals surface area (Å²) in [5.41, 5.74) is 1.45. The van der Waals surface area contributed by atoms with Gasteiger partial charge in [0.05, 0.1) is 12.1 Å². The van der Waals surface area contributed by atoms with Crippen LogP contribution in [0.15, 0.2) is 36.5 Å². The highest BCUT2D eigenvalue weighted by Crippen LogP contribution is 2.37. The molecule has 0 bridgehead atoms. The molecule has 0 aliphatic rings. The number of hydrogen-bond acceptors (Lipinski definition) is 3. The molecule has 0 amide bonds. The number of hydrogen-bond donors (Lipinski definition) is 2. The number of nitrogens with zero attached hydrogens (tertiary/aromatic N) is 1. The third-order valence-electron chi connectivity index (χ3n) is 2.07. The van der Waals surface area contributed by atoms with Gasteiger partial charge < -0.3 is 9.79 Å². The molecular weight excluding hydrogens is 229 g/mol. The molecule has 16 heavy (non-hydrogen) atoms. The molecule has 1 heterocycles. The molecule has 0 radical (unpaired) electrons. The van der Waals surface area contributed by atoms with Gasteiger partial charge in [0.15, 0.2) is 0 Å². The topological polar surface area (TPSA) is 79.7 Å². The molecule has 0 spiro atoms. The van der Waals surface area contributed by atoms with Crippen molar-refractivity contribution in [2.45, 2.75) is 6.61 Å². The van der Waals surface area contributed by atoms with Crippen LogP contribution in [0.3, 0.4) is 0 Å². The van der Waals surface area contributed by atoms with Crippen molar-refractivity contribution in [3.8, 4) is 0 Å². The zero-order valence-corrected chi connectivity index (χ0v) is 9.17. The number of rotatable bonds is 3. The van der Waals surface area contributed by atoms with Crippen molar-refractivity contribution >= 4 is 18.7 Å². The molecule has 1 aromatic heterocycles. The van der Waals surface area contributed by atoms with Gasteiger partial charge in [-0.3, -0.25) is 9.51 Å². The fourth-order valence-electron chi connectivity index (χ4n) is 1.36. The lowest BCUT2D eigenvalue weighted by Gasteiger charge is -2.05. The molecule has 84 valence electrons. The van der Waals surface area contributed by atoms with Gasteiger partial charge in [-0.1, -0.05) is 18.2 Å². The molecule has 0 unspecified atom stereocenters. The summed E-state index contributed by atoms with van der Waals surface area (Å²) >= 11 is 0. The minimum Gasteiger partial charge on any atom is -0.303 e. The fourth-order valence-corrected chi connectivity index (χ4v) is 1.68. The summed E-state index contributed by atoms with van der Waals surface area (Å²) < 4.78 is 14.9. The Kier molecular flexibility index (Phi) is 3.03. The minimum atomic E-state index is -4.41. The first-order valence-electron chi connectivity index (χ1n) is 4.58. The summed E-state index contributed by atoms with van der Waals surface area (Å²) in [6, 6.07) is 9.06. The smallest absolute Gasteiger partial charge is 0.303 e. The van der Waals surface area contributed by atoms with E-state index in [1.165, 1.54) is 0 Å². The van der Waals surface area contributed by atoms with Crippen LogP contribution in [0, 0.1) is 0 Å². The second-order valence-electron chi connectivity index (χ2n) is 3.29. The Morgan fingerprint density at radius 1 is 1.31 bits per heavy atom. The highest BCUT2D eigenvalue weighted by molar-refractivity contribution is 7.46. The quantitative estimate of drug-likeness (QED) is 0.799. The monoisotopic (exact) mass is 239 g/mol. The molecule has 0 fully saturated rings. The molecule has 2 rings (SSSR count). The van der Waals surface area contributed by atoms with E-state index in [4.69, 9.17) is 9.79 Å². The Morgan fingerprint density at radius 3 is 2.88 bits per heavy atom. The molecule has 6 heteroatoms. The van der Waals surface area contributed by atoms with Gasteiger partial charge in [-0.2, -0.15) is 0 Å². The van der Waals surface area contributed by atoms with Crippen LogP contribution >= 0.6 is 7.82 Å². The maximum Gasteiger partial charge on any atom is 0.469 e. The van der Waals surface area contributed by atoms with Crippen LogP contribution in [0.5, 0.6) is 0 Å². The van der Waals surface area contributed by atoms with E-state index in [1.807, 2.05) is 18.2 Å². The molecule has 0 atom stereocenters. The number of pyridine rings is 1. The summed E-state index contributed by atoms with van der Waals surface area (Å²) in [5, 5.41) is 0.974. The lowest BCUT2D eigenvalue weighted by atomic mass is 10.1. The summed E-state index contributed by atoms with van der Waals surface area (Å²) in [5.74, 6) is 0. The van der Waals surface area contributed by atoms with Gasteiger partial charge in [0, 0.05) is 11.6 Å². The number of fused-ring (bicyclic) bond motifs is 1. The van der Waals surface area contributed by atoms with E-state index in [1.54, 1.807) is 18.3 Å². The van der Waals surface area contributed by atoms with E-state index in [0.29, 0.717) is 5.56 Å². The highest BCUT2D eigenvalue weighted by atomic mass is 31.2. The zero-order valence-electron chi connectivity index (χ0n) is 8.28. The SMILES string of the molecule is O=P(O)(O)OCc1ccc2cccnc2c1. The predicted molar refractivity (Wildman–Crippen MR) is 58.6 cm³/mol. The van der Waals surface area contributed by atoms with Crippen LogP contribution in [0.2, 0.25) is 0 Å². The Balaban J connectivity index is 2.23. The molecule has 5 nitrogen and oxygen atoms in total. The van der Waals surface area contributed by atoms with Crippen molar-refractivity contribution in [3.63, 3.8) is 0 Å². The Hall–Kier alpha value is -1.26. The average molecular weight is 239 g/mol. The summed E-state index contributed by atoms with van der Waals surface area (Å²) in [4.78, 5) is 21.3. The number of benzene rings is 1. The van der Waals surface area contributed by atoms with E-state index < -0.39 is 7.82 Å². The number of phosphoric ester groups is 1. The van der Waals surface area contributed by atoms with E-state index >= 15 is 0 Å². The van der Waals surface area contributed by atoms with Crippen molar-refractivity contribution in [1.82, 2.24) is 4.98 Å². The molecule has 0 aliphatic carbocycles. The van der Waals surface area contributed by atoms with E-state index in [2.05, 4.69) is 9.51 Å². The zero-order chi connectivity index (χ0) is 11.6. The first-order valence-corrected chi connectivity index (χ1v) is 6.11. The van der Waals surface area contributed by atoms with Crippen LogP contribution < -0.4 is 0 Å². The van der Waals surface area contributed by atoms with Gasteiger partial charge in [-0.25, -0.2) is 4.57 Å². The maximum atomic E-state index is 10.5. The normalized spacial score (nSPS) is 11.9. The lowest BCUT2D eigenvalue weighted by molar-refractivity contribution is 0.189. The molecule has 0 saturated heterocycles. The summed E-state index contributed by atoms with van der Waals surface area (Å²) in [6.07, 6.45) is 1.66. The minimum absolute atomic E-state index is 0.128. The van der Waals surface area contributed by atoms with Gasteiger partial charge in [-0.05, 0) is 17.7 Å². The van der Waals surface area contributed by atoms with E-state index in [9.17, 15) is 4.57 Å². The standard InChI is InChI=1S/C10H10NO4P/c12-16(13,14)15-7-8-3-4-9-2-1-5-11-10(9)6-8/h1-6H,7H2,(H2,12,13,14). The fraction of sp³-hybridized carbons (Fsp3) is 0.100. The first kappa shape index (κ1) is 11.2. The third kappa shape index (κ3) is 2.87. The van der Waals surface area contributed by atoms with Crippen LogP contribution in [-0.4, -0.2) is 14.8 Å². The number of aromatic nitrogens is 1. The van der Waals surface area contributed by atoms with Crippen molar-refractivity contribution in [2.75, 3.05) is 0 Å². The largest absolute Gasteiger partial charge is 0.469 e. The maximum absolute atomic E-state index is 10.5. The Morgan fingerprint density at radius 2 is 2.12 bits per heavy atom. The van der Waals surface area contributed by atoms with Gasteiger partial charge in [-0.15, -0.1) is 0 Å². The van der Waals surface area contributed by atoms with Crippen LogP contribution in [0.4, 0.5) is 0 Å². The van der Waals surface area contributed by atoms with Crippen molar-refractivity contribution in [2.24, 2.45) is 0 Å². The van der Waals surface area contributed by atoms with Crippen LogP contribution in [-0.2, 0) is 15.7 Å². The molecule has 1 aromatic carbocycles. The van der Waals surface area contributed by atoms with Gasteiger partial charge in [0.25, 0.3) is 0 Å². The third-order valence-corrected chi connectivity index (χ3v) is 2.54. The second kappa shape index (κ2) is 4.31. The molecule has 2 N–H and O–H groups in total. The van der Waals surface area contributed by atoms with E-state index in [0.717, 1.165) is 10.9 Å². The molecule has 0 saturated carbocycles. The Labute approximate surface area is 91.9 Å². The molecule has 2 aromatic rings. The first-order chi connectivity index (χ1) is 7.54. The van der Waals surface area contributed by atoms with Crippen molar-refractivity contribution < 1.29 is 18.9 Å².